The fourth-order valence-electron chi connectivity index (χ4n) is 0.673. The van der Waals surface area contributed by atoms with Crippen molar-refractivity contribution < 1.29 is 4.79 Å². The van der Waals surface area contributed by atoms with Gasteiger partial charge in [0.05, 0.1) is 0 Å². The predicted molar refractivity (Wildman–Crippen MR) is 60.6 cm³/mol. The number of carbonyl (C=O) groups is 1. The Morgan fingerprint density at radius 2 is 1.64 bits per heavy atom. The summed E-state index contributed by atoms with van der Waals surface area (Å²) in [6, 6.07) is 9.86. The van der Waals surface area contributed by atoms with Crippen LogP contribution in [0, 0.1) is 0 Å². The molecule has 1 aromatic rings. The Kier molecular flexibility index (Phi) is 6.68. The second kappa shape index (κ2) is 7.27. The van der Waals surface area contributed by atoms with Crippen LogP contribution in [0.25, 0.3) is 0 Å². The number of carbonyl (C=O) groups excluding carboxylic acids is 1. The molecule has 0 amide bonds. The fourth-order valence-corrected chi connectivity index (χ4v) is 0.673. The highest BCUT2D eigenvalue weighted by Gasteiger charge is 1.92. The highest BCUT2D eigenvalue weighted by atomic mass is 16.1. The lowest BCUT2D eigenvalue weighted by molar-refractivity contribution is 0.101. The van der Waals surface area contributed by atoms with Gasteiger partial charge < -0.3 is 5.32 Å². The monoisotopic (exact) mass is 193 g/mol. The van der Waals surface area contributed by atoms with Crippen LogP contribution >= 0.6 is 0 Å². The summed E-state index contributed by atoms with van der Waals surface area (Å²) in [5.41, 5.74) is 0.775. The maximum atomic E-state index is 10.6. The Labute approximate surface area is 86.3 Å². The zero-order valence-corrected chi connectivity index (χ0v) is 9.37. The van der Waals surface area contributed by atoms with Gasteiger partial charge in [-0.25, -0.2) is 0 Å². The van der Waals surface area contributed by atoms with Crippen molar-refractivity contribution in [2.75, 3.05) is 7.05 Å². The number of ketones is 1. The van der Waals surface area contributed by atoms with Gasteiger partial charge >= 0.3 is 0 Å². The number of hydrogen-bond acceptors (Lipinski definition) is 2. The molecule has 0 radical (unpaired) electrons. The maximum Gasteiger partial charge on any atom is 0.159 e. The molecule has 0 saturated carbocycles. The summed E-state index contributed by atoms with van der Waals surface area (Å²) >= 11 is 0. The van der Waals surface area contributed by atoms with Gasteiger partial charge in [0.2, 0.25) is 0 Å². The Morgan fingerprint density at radius 3 is 1.86 bits per heavy atom. The van der Waals surface area contributed by atoms with E-state index in [0.717, 1.165) is 5.56 Å². The van der Waals surface area contributed by atoms with Crippen molar-refractivity contribution in [3.8, 4) is 0 Å². The summed E-state index contributed by atoms with van der Waals surface area (Å²) in [5, 5.41) is 3.03. The summed E-state index contributed by atoms with van der Waals surface area (Å²) in [5.74, 6) is 0.121. The first kappa shape index (κ1) is 12.8. The van der Waals surface area contributed by atoms with Crippen LogP contribution in [0.5, 0.6) is 0 Å². The van der Waals surface area contributed by atoms with E-state index in [1.54, 1.807) is 6.92 Å². The molecule has 2 nitrogen and oxygen atoms in total. The van der Waals surface area contributed by atoms with Crippen LogP contribution in [0.4, 0.5) is 0 Å². The number of rotatable bonds is 2. The van der Waals surface area contributed by atoms with E-state index in [9.17, 15) is 4.79 Å². The minimum absolute atomic E-state index is 0.121. The van der Waals surface area contributed by atoms with Crippen LogP contribution < -0.4 is 5.32 Å². The Balaban J connectivity index is 0.000000292. The van der Waals surface area contributed by atoms with Gasteiger partial charge in [-0.3, -0.25) is 4.79 Å². The lowest BCUT2D eigenvalue weighted by atomic mass is 10.2. The van der Waals surface area contributed by atoms with E-state index in [0.29, 0.717) is 6.04 Å². The minimum Gasteiger partial charge on any atom is -0.318 e. The molecule has 2 heteroatoms. The van der Waals surface area contributed by atoms with Gasteiger partial charge in [-0.2, -0.15) is 0 Å². The molecule has 0 heterocycles. The van der Waals surface area contributed by atoms with Crippen molar-refractivity contribution in [3.63, 3.8) is 0 Å². The van der Waals surface area contributed by atoms with E-state index in [2.05, 4.69) is 19.2 Å². The number of benzene rings is 1. The first-order chi connectivity index (χ1) is 6.57. The molecule has 1 aromatic carbocycles. The second-order valence-corrected chi connectivity index (χ2v) is 3.37. The largest absolute Gasteiger partial charge is 0.318 e. The van der Waals surface area contributed by atoms with Gasteiger partial charge in [0.15, 0.2) is 5.78 Å². The lowest BCUT2D eigenvalue weighted by Crippen LogP contribution is -2.15. The molecule has 0 aliphatic rings. The highest BCUT2D eigenvalue weighted by Crippen LogP contribution is 1.97. The average Bonchev–Trinajstić information content (AvgIpc) is 2.20. The molecular weight excluding hydrogens is 174 g/mol. The van der Waals surface area contributed by atoms with Crippen LogP contribution in [0.3, 0.4) is 0 Å². The molecule has 1 N–H and O–H groups in total. The maximum absolute atomic E-state index is 10.6. The van der Waals surface area contributed by atoms with Gasteiger partial charge in [-0.15, -0.1) is 0 Å². The molecule has 0 aromatic heterocycles. The van der Waals surface area contributed by atoms with E-state index in [1.165, 1.54) is 0 Å². The van der Waals surface area contributed by atoms with Crippen LogP contribution in [-0.4, -0.2) is 18.9 Å². The van der Waals surface area contributed by atoms with Crippen LogP contribution in [0.1, 0.15) is 31.1 Å². The molecule has 0 atom stereocenters. The van der Waals surface area contributed by atoms with Crippen LogP contribution in [0.15, 0.2) is 30.3 Å². The van der Waals surface area contributed by atoms with E-state index >= 15 is 0 Å². The molecule has 0 bridgehead atoms. The predicted octanol–water partition coefficient (Wildman–Crippen LogP) is 2.50. The normalized spacial score (nSPS) is 9.21. The van der Waals surface area contributed by atoms with Gasteiger partial charge in [0.25, 0.3) is 0 Å². The minimum atomic E-state index is 0.121. The summed E-state index contributed by atoms with van der Waals surface area (Å²) in [6.45, 7) is 5.79. The molecule has 0 aliphatic heterocycles. The lowest BCUT2D eigenvalue weighted by Gasteiger charge is -1.95. The second-order valence-electron chi connectivity index (χ2n) is 3.37. The summed E-state index contributed by atoms with van der Waals surface area (Å²) in [4.78, 5) is 10.6. The summed E-state index contributed by atoms with van der Waals surface area (Å²) in [7, 11) is 1.95. The van der Waals surface area contributed by atoms with Crippen LogP contribution in [-0.2, 0) is 0 Å². The molecule has 78 valence electrons. The van der Waals surface area contributed by atoms with E-state index in [-0.39, 0.29) is 5.78 Å². The molecule has 0 saturated heterocycles. The van der Waals surface area contributed by atoms with Crippen molar-refractivity contribution in [1.82, 2.24) is 5.32 Å². The Morgan fingerprint density at radius 1 is 1.21 bits per heavy atom. The number of nitrogens with one attached hydrogen (secondary N) is 1. The highest BCUT2D eigenvalue weighted by molar-refractivity contribution is 5.93. The third kappa shape index (κ3) is 6.38. The average molecular weight is 193 g/mol. The molecule has 14 heavy (non-hydrogen) atoms. The standard InChI is InChI=1S/C8H8O.C4H11N/c1-7(9)8-5-3-2-4-6-8;1-4(2)5-3/h2-6H,1H3;4-5H,1-3H3. The van der Waals surface area contributed by atoms with Gasteiger partial charge in [0.1, 0.15) is 0 Å². The zero-order chi connectivity index (χ0) is 11.0. The molecule has 0 fully saturated rings. The van der Waals surface area contributed by atoms with E-state index in [4.69, 9.17) is 0 Å². The van der Waals surface area contributed by atoms with E-state index in [1.807, 2.05) is 37.4 Å². The third-order valence-electron chi connectivity index (χ3n) is 1.76. The van der Waals surface area contributed by atoms with Crippen molar-refractivity contribution in [2.45, 2.75) is 26.8 Å². The molecular formula is C12H19NO. The summed E-state index contributed by atoms with van der Waals surface area (Å²) < 4.78 is 0. The quantitative estimate of drug-likeness (QED) is 0.731. The van der Waals surface area contributed by atoms with Crippen LogP contribution in [0.2, 0.25) is 0 Å². The summed E-state index contributed by atoms with van der Waals surface area (Å²) in [6.07, 6.45) is 0. The SMILES string of the molecule is CC(=O)c1ccccc1.CNC(C)C. The zero-order valence-electron chi connectivity index (χ0n) is 9.37. The molecule has 0 unspecified atom stereocenters. The molecule has 0 spiro atoms. The third-order valence-corrected chi connectivity index (χ3v) is 1.76. The molecule has 0 aliphatic carbocycles. The van der Waals surface area contributed by atoms with Crippen molar-refractivity contribution in [1.29, 1.82) is 0 Å². The Hall–Kier alpha value is -1.15. The van der Waals surface area contributed by atoms with Gasteiger partial charge in [-0.05, 0) is 14.0 Å². The molecule has 1 rings (SSSR count). The van der Waals surface area contributed by atoms with Gasteiger partial charge in [0, 0.05) is 11.6 Å². The first-order valence-electron chi connectivity index (χ1n) is 4.81. The number of Topliss-reactive ketones (excluding diaryl/α,β-unsaturated/α-hetero) is 1. The van der Waals surface area contributed by atoms with Crippen molar-refractivity contribution in [2.24, 2.45) is 0 Å². The van der Waals surface area contributed by atoms with Gasteiger partial charge in [-0.1, -0.05) is 44.2 Å². The van der Waals surface area contributed by atoms with Crippen molar-refractivity contribution >= 4 is 5.78 Å². The topological polar surface area (TPSA) is 29.1 Å². The Bertz CT molecular complexity index is 254. The first-order valence-corrected chi connectivity index (χ1v) is 4.81. The van der Waals surface area contributed by atoms with Crippen molar-refractivity contribution in [3.05, 3.63) is 35.9 Å². The smallest absolute Gasteiger partial charge is 0.159 e. The fraction of sp³-hybridized carbons (Fsp3) is 0.417. The van der Waals surface area contributed by atoms with E-state index < -0.39 is 0 Å². The number of hydrogen-bond donors (Lipinski definition) is 1.